The molecule has 1 amide bonds. The lowest BCUT2D eigenvalue weighted by molar-refractivity contribution is -0.119. The van der Waals surface area contributed by atoms with E-state index < -0.39 is 0 Å². The summed E-state index contributed by atoms with van der Waals surface area (Å²) in [4.78, 5) is 30.2. The number of nitrogens with zero attached hydrogens (tertiary/aromatic N) is 2. The second-order valence-corrected chi connectivity index (χ2v) is 8.62. The summed E-state index contributed by atoms with van der Waals surface area (Å²) in [6.45, 7) is 3.92. The Morgan fingerprint density at radius 3 is 2.79 bits per heavy atom. The number of aromatic nitrogens is 2. The molecule has 1 heterocycles. The first kappa shape index (κ1) is 19.7. The minimum atomic E-state index is -0.0604. The molecule has 0 spiro atoms. The molecule has 0 aliphatic heterocycles. The highest BCUT2D eigenvalue weighted by molar-refractivity contribution is 7.99. The van der Waals surface area contributed by atoms with Gasteiger partial charge in [-0.1, -0.05) is 48.2 Å². The van der Waals surface area contributed by atoms with Crippen LogP contribution in [0.3, 0.4) is 0 Å². The van der Waals surface area contributed by atoms with Crippen LogP contribution in [-0.4, -0.2) is 21.2 Å². The summed E-state index contributed by atoms with van der Waals surface area (Å²) < 4.78 is 1.68. The first-order valence-electron chi connectivity index (χ1n) is 10.1. The number of benzene rings is 2. The fourth-order valence-electron chi connectivity index (χ4n) is 3.95. The number of rotatable bonds is 5. The number of nitrogens with one attached hydrogen (secondary N) is 1. The molecular formula is C23H25N3O2S. The topological polar surface area (TPSA) is 64.0 Å². The van der Waals surface area contributed by atoms with E-state index in [4.69, 9.17) is 0 Å². The Labute approximate surface area is 174 Å². The van der Waals surface area contributed by atoms with Crippen molar-refractivity contribution in [1.29, 1.82) is 0 Å². The van der Waals surface area contributed by atoms with E-state index in [1.54, 1.807) is 10.6 Å². The molecular weight excluding hydrogens is 382 g/mol. The minimum absolute atomic E-state index is 0.0320. The van der Waals surface area contributed by atoms with Crippen molar-refractivity contribution < 1.29 is 4.79 Å². The Morgan fingerprint density at radius 1 is 1.21 bits per heavy atom. The van der Waals surface area contributed by atoms with Crippen LogP contribution in [-0.2, 0) is 11.2 Å². The molecule has 29 heavy (non-hydrogen) atoms. The molecule has 3 aromatic rings. The van der Waals surface area contributed by atoms with Crippen molar-refractivity contribution >= 4 is 28.6 Å². The van der Waals surface area contributed by atoms with E-state index in [0.29, 0.717) is 16.1 Å². The van der Waals surface area contributed by atoms with Gasteiger partial charge in [0, 0.05) is 6.04 Å². The Hall–Kier alpha value is -2.60. The van der Waals surface area contributed by atoms with Gasteiger partial charge in [-0.3, -0.25) is 14.2 Å². The smallest absolute Gasteiger partial charge is 0.262 e. The molecule has 6 heteroatoms. The normalized spacial score (nSPS) is 16.0. The molecule has 0 fully saturated rings. The number of aryl methyl sites for hydroxylation is 1. The van der Waals surface area contributed by atoms with Gasteiger partial charge in [-0.25, -0.2) is 4.98 Å². The maximum Gasteiger partial charge on any atom is 0.262 e. The quantitative estimate of drug-likeness (QED) is 0.507. The van der Waals surface area contributed by atoms with Crippen molar-refractivity contribution in [3.05, 3.63) is 70.0 Å². The van der Waals surface area contributed by atoms with Crippen LogP contribution >= 0.6 is 11.8 Å². The summed E-state index contributed by atoms with van der Waals surface area (Å²) in [7, 11) is 0. The summed E-state index contributed by atoms with van der Waals surface area (Å²) in [6.07, 6.45) is 3.10. The van der Waals surface area contributed by atoms with Crippen LogP contribution in [0.4, 0.5) is 0 Å². The van der Waals surface area contributed by atoms with Crippen molar-refractivity contribution in [2.45, 2.75) is 50.4 Å². The molecule has 1 aromatic heterocycles. The average molecular weight is 408 g/mol. The zero-order chi connectivity index (χ0) is 20.4. The summed E-state index contributed by atoms with van der Waals surface area (Å²) in [5, 5.41) is 4.36. The molecule has 0 saturated carbocycles. The Morgan fingerprint density at radius 2 is 1.97 bits per heavy atom. The predicted molar refractivity (Wildman–Crippen MR) is 117 cm³/mol. The van der Waals surface area contributed by atoms with Gasteiger partial charge in [0.25, 0.3) is 5.56 Å². The van der Waals surface area contributed by atoms with Crippen molar-refractivity contribution in [3.8, 4) is 0 Å². The summed E-state index contributed by atoms with van der Waals surface area (Å²) in [6, 6.07) is 15.7. The van der Waals surface area contributed by atoms with Gasteiger partial charge < -0.3 is 5.32 Å². The number of carbonyl (C=O) groups excluding carboxylic acids is 1. The van der Waals surface area contributed by atoms with Gasteiger partial charge >= 0.3 is 0 Å². The van der Waals surface area contributed by atoms with E-state index in [-0.39, 0.29) is 29.3 Å². The average Bonchev–Trinajstić information content (AvgIpc) is 2.72. The third kappa shape index (κ3) is 4.08. The van der Waals surface area contributed by atoms with Crippen molar-refractivity contribution in [2.75, 3.05) is 5.75 Å². The number of para-hydroxylation sites is 1. The molecule has 5 nitrogen and oxygen atoms in total. The first-order valence-corrected chi connectivity index (χ1v) is 11.0. The predicted octanol–water partition coefficient (Wildman–Crippen LogP) is 4.26. The first-order chi connectivity index (χ1) is 14.0. The molecule has 1 N–H and O–H groups in total. The fourth-order valence-corrected chi connectivity index (χ4v) is 4.89. The second kappa shape index (κ2) is 8.41. The van der Waals surface area contributed by atoms with Crippen LogP contribution in [0.2, 0.25) is 0 Å². The van der Waals surface area contributed by atoms with Crippen molar-refractivity contribution in [2.24, 2.45) is 0 Å². The number of hydrogen-bond donors (Lipinski definition) is 1. The molecule has 0 unspecified atom stereocenters. The van der Waals surface area contributed by atoms with E-state index in [9.17, 15) is 9.59 Å². The molecule has 1 atom stereocenters. The minimum Gasteiger partial charge on any atom is -0.349 e. The van der Waals surface area contributed by atoms with Gasteiger partial charge in [0.2, 0.25) is 5.91 Å². The summed E-state index contributed by atoms with van der Waals surface area (Å²) >= 11 is 1.32. The molecule has 4 rings (SSSR count). The molecule has 0 radical (unpaired) electrons. The molecule has 1 aliphatic carbocycles. The van der Waals surface area contributed by atoms with E-state index in [0.717, 1.165) is 19.3 Å². The van der Waals surface area contributed by atoms with E-state index in [1.165, 1.54) is 22.9 Å². The Bertz CT molecular complexity index is 1110. The van der Waals surface area contributed by atoms with Gasteiger partial charge in [0.05, 0.1) is 22.7 Å². The maximum absolute atomic E-state index is 12.9. The zero-order valence-electron chi connectivity index (χ0n) is 16.7. The fraction of sp³-hybridized carbons (Fsp3) is 0.348. The molecule has 2 aromatic carbocycles. The maximum atomic E-state index is 12.9. The Balaban J connectivity index is 1.52. The third-order valence-corrected chi connectivity index (χ3v) is 6.28. The van der Waals surface area contributed by atoms with Crippen molar-refractivity contribution in [1.82, 2.24) is 14.9 Å². The molecule has 1 aliphatic rings. The number of carbonyl (C=O) groups is 1. The summed E-state index contributed by atoms with van der Waals surface area (Å²) in [5.41, 5.74) is 3.15. The van der Waals surface area contributed by atoms with Gasteiger partial charge in [-0.2, -0.15) is 0 Å². The highest BCUT2D eigenvalue weighted by Crippen LogP contribution is 2.29. The number of amides is 1. The zero-order valence-corrected chi connectivity index (χ0v) is 17.5. The van der Waals surface area contributed by atoms with Crippen LogP contribution in [0, 0.1) is 0 Å². The second-order valence-electron chi connectivity index (χ2n) is 7.68. The molecule has 0 saturated heterocycles. The van der Waals surface area contributed by atoms with Gasteiger partial charge in [-0.15, -0.1) is 0 Å². The van der Waals surface area contributed by atoms with Gasteiger partial charge in [0.15, 0.2) is 5.16 Å². The van der Waals surface area contributed by atoms with Crippen LogP contribution in [0.15, 0.2) is 58.5 Å². The lowest BCUT2D eigenvalue weighted by Crippen LogP contribution is -2.32. The van der Waals surface area contributed by atoms with E-state index in [2.05, 4.69) is 28.5 Å². The number of fused-ring (bicyclic) bond motifs is 2. The van der Waals surface area contributed by atoms with Crippen LogP contribution < -0.4 is 10.9 Å². The molecule has 150 valence electrons. The number of hydrogen-bond acceptors (Lipinski definition) is 4. The number of thioether (sulfide) groups is 1. The lowest BCUT2D eigenvalue weighted by atomic mass is 9.88. The SMILES string of the molecule is CC(C)n1c(SCC(=O)N[C@@H]2CCCc3ccccc32)nc2ccccc2c1=O. The Kier molecular flexibility index (Phi) is 5.72. The van der Waals surface area contributed by atoms with Crippen LogP contribution in [0.1, 0.15) is 49.9 Å². The lowest BCUT2D eigenvalue weighted by Gasteiger charge is -2.26. The third-order valence-electron chi connectivity index (χ3n) is 5.33. The van der Waals surface area contributed by atoms with Crippen LogP contribution in [0.5, 0.6) is 0 Å². The van der Waals surface area contributed by atoms with E-state index >= 15 is 0 Å². The molecule has 0 bridgehead atoms. The largest absolute Gasteiger partial charge is 0.349 e. The van der Waals surface area contributed by atoms with Crippen LogP contribution in [0.25, 0.3) is 10.9 Å². The standard InChI is InChI=1S/C23H25N3O2S/c1-15(2)26-22(28)18-11-5-6-12-20(18)25-23(26)29-14-21(27)24-19-13-7-9-16-8-3-4-10-17(16)19/h3-6,8,10-12,15,19H,7,9,13-14H2,1-2H3,(H,24,27)/t19-/m1/s1. The highest BCUT2D eigenvalue weighted by Gasteiger charge is 2.22. The van der Waals surface area contributed by atoms with E-state index in [1.807, 2.05) is 38.1 Å². The monoisotopic (exact) mass is 407 g/mol. The highest BCUT2D eigenvalue weighted by atomic mass is 32.2. The van der Waals surface area contributed by atoms with Gasteiger partial charge in [0.1, 0.15) is 0 Å². The van der Waals surface area contributed by atoms with Gasteiger partial charge in [-0.05, 0) is 56.4 Å². The summed E-state index contributed by atoms with van der Waals surface area (Å²) in [5.74, 6) is 0.199. The van der Waals surface area contributed by atoms with Crippen molar-refractivity contribution in [3.63, 3.8) is 0 Å².